The van der Waals surface area contributed by atoms with Crippen molar-refractivity contribution >= 4 is 32.7 Å². The maximum Gasteiger partial charge on any atom is 0.332 e. The molecule has 0 saturated heterocycles. The molecule has 15 heavy (non-hydrogen) atoms. The fraction of sp³-hybridized carbons (Fsp3) is 0. The Morgan fingerprint density at radius 3 is 2.67 bits per heavy atom. The first-order valence-electron chi connectivity index (χ1n) is 3.97. The van der Waals surface area contributed by atoms with E-state index in [0.29, 0.717) is 10.5 Å². The van der Waals surface area contributed by atoms with E-state index in [1.54, 1.807) is 0 Å². The van der Waals surface area contributed by atoms with Crippen LogP contribution in [0.15, 0.2) is 35.4 Å². The SMILES string of the molecule is O=S(=O)(F)c1ccnc2cc(Cl)ccc12. The van der Waals surface area contributed by atoms with Crippen LogP contribution < -0.4 is 0 Å². The molecule has 0 atom stereocenters. The van der Waals surface area contributed by atoms with Gasteiger partial charge in [-0.2, -0.15) is 8.42 Å². The Kier molecular flexibility index (Phi) is 2.36. The molecule has 0 aliphatic carbocycles. The number of nitrogens with zero attached hydrogens (tertiary/aromatic N) is 1. The fourth-order valence-electron chi connectivity index (χ4n) is 1.31. The van der Waals surface area contributed by atoms with Gasteiger partial charge in [0.05, 0.1) is 5.52 Å². The molecule has 0 aliphatic rings. The number of rotatable bonds is 1. The molecule has 2 aromatic rings. The molecule has 3 nitrogen and oxygen atoms in total. The summed E-state index contributed by atoms with van der Waals surface area (Å²) < 4.78 is 34.5. The van der Waals surface area contributed by atoms with Crippen LogP contribution in [0.1, 0.15) is 0 Å². The van der Waals surface area contributed by atoms with Gasteiger partial charge in [0.2, 0.25) is 0 Å². The Bertz CT molecular complexity index is 627. The Morgan fingerprint density at radius 2 is 2.00 bits per heavy atom. The number of fused-ring (bicyclic) bond motifs is 1. The Morgan fingerprint density at radius 1 is 1.27 bits per heavy atom. The number of halogens is 2. The van der Waals surface area contributed by atoms with Crippen molar-refractivity contribution in [1.82, 2.24) is 4.98 Å². The zero-order valence-electron chi connectivity index (χ0n) is 7.31. The number of pyridine rings is 1. The quantitative estimate of drug-likeness (QED) is 0.726. The van der Waals surface area contributed by atoms with Crippen molar-refractivity contribution < 1.29 is 12.3 Å². The van der Waals surface area contributed by atoms with Gasteiger partial charge in [-0.1, -0.05) is 11.6 Å². The molecular formula is C9H5ClFNO2S. The van der Waals surface area contributed by atoms with Crippen LogP contribution in [-0.2, 0) is 10.2 Å². The van der Waals surface area contributed by atoms with Crippen LogP contribution in [-0.4, -0.2) is 13.4 Å². The van der Waals surface area contributed by atoms with Gasteiger partial charge in [-0.05, 0) is 24.3 Å². The first-order chi connectivity index (χ1) is 6.98. The highest BCUT2D eigenvalue weighted by Crippen LogP contribution is 2.24. The van der Waals surface area contributed by atoms with Crippen molar-refractivity contribution in [2.24, 2.45) is 0 Å². The molecule has 0 N–H and O–H groups in total. The van der Waals surface area contributed by atoms with Crippen molar-refractivity contribution in [2.75, 3.05) is 0 Å². The van der Waals surface area contributed by atoms with E-state index in [1.807, 2.05) is 0 Å². The molecule has 0 saturated carbocycles. The molecule has 1 aromatic heterocycles. The van der Waals surface area contributed by atoms with Crippen molar-refractivity contribution in [1.29, 1.82) is 0 Å². The van der Waals surface area contributed by atoms with Crippen molar-refractivity contribution in [3.63, 3.8) is 0 Å². The molecule has 0 radical (unpaired) electrons. The zero-order valence-corrected chi connectivity index (χ0v) is 8.89. The van der Waals surface area contributed by atoms with Gasteiger partial charge in [-0.15, -0.1) is 3.89 Å². The normalized spacial score (nSPS) is 11.9. The lowest BCUT2D eigenvalue weighted by Gasteiger charge is -2.01. The van der Waals surface area contributed by atoms with Gasteiger partial charge in [0.15, 0.2) is 0 Å². The van der Waals surface area contributed by atoms with E-state index >= 15 is 0 Å². The molecule has 0 amide bonds. The van der Waals surface area contributed by atoms with Crippen molar-refractivity contribution in [2.45, 2.75) is 4.90 Å². The first-order valence-corrected chi connectivity index (χ1v) is 5.73. The van der Waals surface area contributed by atoms with E-state index in [1.165, 1.54) is 24.4 Å². The van der Waals surface area contributed by atoms with Gasteiger partial charge in [0.25, 0.3) is 0 Å². The maximum absolute atomic E-state index is 12.9. The summed E-state index contributed by atoms with van der Waals surface area (Å²) in [7, 11) is -4.73. The topological polar surface area (TPSA) is 47.0 Å². The molecule has 0 aliphatic heterocycles. The van der Waals surface area contributed by atoms with E-state index < -0.39 is 10.2 Å². The second kappa shape index (κ2) is 3.43. The first kappa shape index (κ1) is 10.3. The molecular weight excluding hydrogens is 241 g/mol. The molecule has 2 rings (SSSR count). The monoisotopic (exact) mass is 245 g/mol. The van der Waals surface area contributed by atoms with Crippen LogP contribution in [0.2, 0.25) is 5.02 Å². The van der Waals surface area contributed by atoms with E-state index in [4.69, 9.17) is 11.6 Å². The van der Waals surface area contributed by atoms with Crippen LogP contribution in [0, 0.1) is 0 Å². The lowest BCUT2D eigenvalue weighted by atomic mass is 10.2. The summed E-state index contributed by atoms with van der Waals surface area (Å²) in [4.78, 5) is 3.52. The second-order valence-electron chi connectivity index (χ2n) is 2.91. The minimum atomic E-state index is -4.73. The average Bonchev–Trinajstić information content (AvgIpc) is 2.15. The van der Waals surface area contributed by atoms with E-state index in [0.717, 1.165) is 6.07 Å². The predicted molar refractivity (Wildman–Crippen MR) is 55.0 cm³/mol. The molecule has 0 unspecified atom stereocenters. The molecule has 6 heteroatoms. The Labute approximate surface area is 90.7 Å². The molecule has 0 spiro atoms. The summed E-state index contributed by atoms with van der Waals surface area (Å²) >= 11 is 5.70. The molecule has 0 fully saturated rings. The Hall–Kier alpha value is -1.20. The number of aromatic nitrogens is 1. The molecule has 78 valence electrons. The molecule has 1 aromatic carbocycles. The van der Waals surface area contributed by atoms with Gasteiger partial charge in [-0.25, -0.2) is 0 Å². The van der Waals surface area contributed by atoms with Gasteiger partial charge < -0.3 is 0 Å². The summed E-state index contributed by atoms with van der Waals surface area (Å²) in [5.74, 6) is 0. The fourth-order valence-corrected chi connectivity index (χ4v) is 2.13. The van der Waals surface area contributed by atoms with Crippen molar-refractivity contribution in [3.05, 3.63) is 35.5 Å². The summed E-state index contributed by atoms with van der Waals surface area (Å²) in [5, 5.41) is 0.646. The maximum atomic E-state index is 12.9. The standard InChI is InChI=1S/C9H5ClFNO2S/c10-6-1-2-7-8(5-6)12-4-3-9(7)15(11,13)14/h1-5H. The molecule has 1 heterocycles. The van der Waals surface area contributed by atoms with Gasteiger partial charge in [-0.3, -0.25) is 4.98 Å². The summed E-state index contributed by atoms with van der Waals surface area (Å²) in [6, 6.07) is 5.51. The third-order valence-electron chi connectivity index (χ3n) is 1.93. The van der Waals surface area contributed by atoms with Gasteiger partial charge >= 0.3 is 10.2 Å². The lowest BCUT2D eigenvalue weighted by molar-refractivity contribution is 0.553. The second-order valence-corrected chi connectivity index (χ2v) is 4.66. The lowest BCUT2D eigenvalue weighted by Crippen LogP contribution is -1.94. The van der Waals surface area contributed by atoms with Crippen LogP contribution in [0.4, 0.5) is 3.89 Å². The largest absolute Gasteiger partial charge is 0.332 e. The van der Waals surface area contributed by atoms with Gasteiger partial charge in [0, 0.05) is 16.6 Å². The van der Waals surface area contributed by atoms with Crippen LogP contribution >= 0.6 is 11.6 Å². The van der Waals surface area contributed by atoms with Crippen LogP contribution in [0.3, 0.4) is 0 Å². The Balaban J connectivity index is 2.89. The van der Waals surface area contributed by atoms with E-state index in [2.05, 4.69) is 4.98 Å². The number of benzene rings is 1. The number of hydrogen-bond acceptors (Lipinski definition) is 3. The van der Waals surface area contributed by atoms with Gasteiger partial charge in [0.1, 0.15) is 4.90 Å². The van der Waals surface area contributed by atoms with E-state index in [-0.39, 0.29) is 10.3 Å². The highest BCUT2D eigenvalue weighted by Gasteiger charge is 2.15. The third kappa shape index (κ3) is 1.93. The van der Waals surface area contributed by atoms with Crippen LogP contribution in [0.5, 0.6) is 0 Å². The summed E-state index contributed by atoms with van der Waals surface area (Å²) in [6.07, 6.45) is 1.23. The summed E-state index contributed by atoms with van der Waals surface area (Å²) in [5.41, 5.74) is 0.348. The van der Waals surface area contributed by atoms with Crippen LogP contribution in [0.25, 0.3) is 10.9 Å². The predicted octanol–water partition coefficient (Wildman–Crippen LogP) is 2.55. The molecule has 0 bridgehead atoms. The average molecular weight is 246 g/mol. The van der Waals surface area contributed by atoms with Crippen molar-refractivity contribution in [3.8, 4) is 0 Å². The third-order valence-corrected chi connectivity index (χ3v) is 3.04. The summed E-state index contributed by atoms with van der Waals surface area (Å²) in [6.45, 7) is 0. The highest BCUT2D eigenvalue weighted by atomic mass is 35.5. The highest BCUT2D eigenvalue weighted by molar-refractivity contribution is 7.86. The smallest absolute Gasteiger partial charge is 0.256 e. The minimum absolute atomic E-state index is 0.226. The minimum Gasteiger partial charge on any atom is -0.256 e. The number of hydrogen-bond donors (Lipinski definition) is 0. The van der Waals surface area contributed by atoms with E-state index in [9.17, 15) is 12.3 Å². The zero-order chi connectivity index (χ0) is 11.1.